The van der Waals surface area contributed by atoms with Crippen LogP contribution in [0.3, 0.4) is 0 Å². The second-order valence-electron chi connectivity index (χ2n) is 5.68. The average molecular weight is 338 g/mol. The Kier molecular flexibility index (Phi) is 7.88. The third-order valence-electron chi connectivity index (χ3n) is 3.40. The smallest absolute Gasteiger partial charge is 0.305 e. The third-order valence-corrected chi connectivity index (χ3v) is 3.40. The summed E-state index contributed by atoms with van der Waals surface area (Å²) in [5.41, 5.74) is 0.885. The van der Waals surface area contributed by atoms with E-state index < -0.39 is 29.6 Å². The van der Waals surface area contributed by atoms with Gasteiger partial charge in [0.05, 0.1) is 12.1 Å². The Bertz CT molecular complexity index is 604. The maximum absolute atomic E-state index is 13.6. The van der Waals surface area contributed by atoms with E-state index in [4.69, 9.17) is 5.11 Å². The molecule has 2 amide bonds. The standard InChI is InChI=1S/C17H23FN2O4/c1-3-4-12(10-17(23)24)19-15(21)7-8-16(22)20-14-9-11(2)5-6-13(14)18/h5-6,9,12H,3-4,7-8,10H2,1-2H3,(H,19,21)(H,20,22)(H,23,24). The van der Waals surface area contributed by atoms with Crippen LogP contribution in [0.25, 0.3) is 0 Å². The highest BCUT2D eigenvalue weighted by Gasteiger charge is 2.16. The van der Waals surface area contributed by atoms with Gasteiger partial charge in [0.25, 0.3) is 0 Å². The number of amides is 2. The molecule has 0 aromatic heterocycles. The molecule has 3 N–H and O–H groups in total. The minimum absolute atomic E-state index is 0.0788. The van der Waals surface area contributed by atoms with E-state index in [1.807, 2.05) is 6.92 Å². The minimum Gasteiger partial charge on any atom is -0.481 e. The van der Waals surface area contributed by atoms with Crippen LogP contribution in [-0.2, 0) is 14.4 Å². The van der Waals surface area contributed by atoms with Crippen LogP contribution in [0.2, 0.25) is 0 Å². The molecule has 7 heteroatoms. The molecule has 0 aliphatic heterocycles. The van der Waals surface area contributed by atoms with Gasteiger partial charge < -0.3 is 15.7 Å². The lowest BCUT2D eigenvalue weighted by molar-refractivity contribution is -0.137. The predicted molar refractivity (Wildman–Crippen MR) is 88.1 cm³/mol. The molecule has 0 saturated carbocycles. The number of rotatable bonds is 9. The molecule has 0 bridgehead atoms. The molecule has 0 aliphatic carbocycles. The van der Waals surface area contributed by atoms with Crippen LogP contribution in [0.15, 0.2) is 18.2 Å². The maximum Gasteiger partial charge on any atom is 0.305 e. The molecule has 0 fully saturated rings. The van der Waals surface area contributed by atoms with Crippen molar-refractivity contribution in [2.24, 2.45) is 0 Å². The highest BCUT2D eigenvalue weighted by Crippen LogP contribution is 2.16. The van der Waals surface area contributed by atoms with Crippen LogP contribution in [0.4, 0.5) is 10.1 Å². The SMILES string of the molecule is CCCC(CC(=O)O)NC(=O)CCC(=O)Nc1cc(C)ccc1F. The van der Waals surface area contributed by atoms with Crippen molar-refractivity contribution in [2.75, 3.05) is 5.32 Å². The molecule has 1 unspecified atom stereocenters. The summed E-state index contributed by atoms with van der Waals surface area (Å²) in [5, 5.41) is 13.8. The molecule has 1 aromatic rings. The number of aryl methyl sites for hydroxylation is 1. The summed E-state index contributed by atoms with van der Waals surface area (Å²) in [7, 11) is 0. The molecule has 0 spiro atoms. The van der Waals surface area contributed by atoms with Crippen molar-refractivity contribution in [2.45, 2.75) is 52.0 Å². The zero-order valence-corrected chi connectivity index (χ0v) is 13.9. The van der Waals surface area contributed by atoms with Crippen molar-refractivity contribution in [3.05, 3.63) is 29.6 Å². The molecule has 24 heavy (non-hydrogen) atoms. The third kappa shape index (κ3) is 7.21. The second kappa shape index (κ2) is 9.64. The Balaban J connectivity index is 2.46. The fourth-order valence-corrected chi connectivity index (χ4v) is 2.26. The maximum atomic E-state index is 13.6. The summed E-state index contributed by atoms with van der Waals surface area (Å²) >= 11 is 0. The summed E-state index contributed by atoms with van der Waals surface area (Å²) in [5.74, 6) is -2.39. The molecule has 1 atom stereocenters. The van der Waals surface area contributed by atoms with Crippen molar-refractivity contribution in [1.29, 1.82) is 0 Å². The summed E-state index contributed by atoms with van der Waals surface area (Å²) in [6.45, 7) is 3.67. The molecular weight excluding hydrogens is 315 g/mol. The Morgan fingerprint density at radius 2 is 1.88 bits per heavy atom. The minimum atomic E-state index is -0.985. The van der Waals surface area contributed by atoms with Gasteiger partial charge in [-0.3, -0.25) is 14.4 Å². The lowest BCUT2D eigenvalue weighted by Crippen LogP contribution is -2.36. The average Bonchev–Trinajstić information content (AvgIpc) is 2.48. The van der Waals surface area contributed by atoms with E-state index in [1.165, 1.54) is 12.1 Å². The van der Waals surface area contributed by atoms with Gasteiger partial charge in [-0.2, -0.15) is 0 Å². The van der Waals surface area contributed by atoms with Crippen molar-refractivity contribution in [3.8, 4) is 0 Å². The van der Waals surface area contributed by atoms with Crippen molar-refractivity contribution >= 4 is 23.5 Å². The number of nitrogens with one attached hydrogen (secondary N) is 2. The number of carbonyl (C=O) groups excluding carboxylic acids is 2. The number of halogens is 1. The predicted octanol–water partition coefficient (Wildman–Crippen LogP) is 2.61. The zero-order valence-electron chi connectivity index (χ0n) is 13.9. The largest absolute Gasteiger partial charge is 0.481 e. The Morgan fingerprint density at radius 3 is 2.50 bits per heavy atom. The first kappa shape index (κ1) is 19.6. The van der Waals surface area contributed by atoms with Gasteiger partial charge in [-0.1, -0.05) is 19.4 Å². The van der Waals surface area contributed by atoms with E-state index in [0.29, 0.717) is 6.42 Å². The van der Waals surface area contributed by atoms with Crippen LogP contribution >= 0.6 is 0 Å². The number of aliphatic carboxylic acids is 1. The summed E-state index contributed by atoms with van der Waals surface area (Å²) < 4.78 is 13.6. The molecule has 1 rings (SSSR count). The van der Waals surface area contributed by atoms with E-state index in [-0.39, 0.29) is 24.9 Å². The quantitative estimate of drug-likeness (QED) is 0.645. The number of benzene rings is 1. The lowest BCUT2D eigenvalue weighted by atomic mass is 10.1. The molecule has 6 nitrogen and oxygen atoms in total. The topological polar surface area (TPSA) is 95.5 Å². The molecule has 0 aliphatic rings. The number of hydrogen-bond acceptors (Lipinski definition) is 3. The summed E-state index contributed by atoms with van der Waals surface area (Å²) in [6, 6.07) is 3.92. The van der Waals surface area contributed by atoms with E-state index >= 15 is 0 Å². The Morgan fingerprint density at radius 1 is 1.21 bits per heavy atom. The van der Waals surface area contributed by atoms with Crippen LogP contribution in [0.5, 0.6) is 0 Å². The van der Waals surface area contributed by atoms with Gasteiger partial charge >= 0.3 is 5.97 Å². The first-order valence-corrected chi connectivity index (χ1v) is 7.89. The molecular formula is C17H23FN2O4. The van der Waals surface area contributed by atoms with E-state index in [2.05, 4.69) is 10.6 Å². The molecule has 0 radical (unpaired) electrons. The van der Waals surface area contributed by atoms with Gasteiger partial charge in [0.1, 0.15) is 5.82 Å². The number of anilines is 1. The van der Waals surface area contributed by atoms with Gasteiger partial charge in [0.15, 0.2) is 0 Å². The highest BCUT2D eigenvalue weighted by molar-refractivity contribution is 5.93. The van der Waals surface area contributed by atoms with Gasteiger partial charge in [-0.05, 0) is 31.0 Å². The summed E-state index contributed by atoms with van der Waals surface area (Å²) in [6.07, 6.45) is 0.953. The van der Waals surface area contributed by atoms with Gasteiger partial charge in [-0.25, -0.2) is 4.39 Å². The van der Waals surface area contributed by atoms with E-state index in [0.717, 1.165) is 12.0 Å². The number of carbonyl (C=O) groups is 3. The van der Waals surface area contributed by atoms with Gasteiger partial charge in [0, 0.05) is 18.9 Å². The molecule has 1 aromatic carbocycles. The summed E-state index contributed by atoms with van der Waals surface area (Å²) in [4.78, 5) is 34.4. The number of carboxylic acids is 1. The van der Waals surface area contributed by atoms with E-state index in [1.54, 1.807) is 13.0 Å². The molecule has 0 heterocycles. The Labute approximate surface area is 140 Å². The van der Waals surface area contributed by atoms with Crippen molar-refractivity contribution in [3.63, 3.8) is 0 Å². The first-order valence-electron chi connectivity index (χ1n) is 7.89. The van der Waals surface area contributed by atoms with Crippen LogP contribution < -0.4 is 10.6 Å². The zero-order chi connectivity index (χ0) is 18.1. The number of carboxylic acid groups (broad SMARTS) is 1. The van der Waals surface area contributed by atoms with Gasteiger partial charge in [-0.15, -0.1) is 0 Å². The Hall–Kier alpha value is -2.44. The van der Waals surface area contributed by atoms with Crippen LogP contribution in [0, 0.1) is 12.7 Å². The van der Waals surface area contributed by atoms with Gasteiger partial charge in [0.2, 0.25) is 11.8 Å². The number of hydrogen-bond donors (Lipinski definition) is 3. The molecule has 0 saturated heterocycles. The lowest BCUT2D eigenvalue weighted by Gasteiger charge is -2.16. The fourth-order valence-electron chi connectivity index (χ4n) is 2.26. The van der Waals surface area contributed by atoms with Crippen LogP contribution in [0.1, 0.15) is 44.6 Å². The molecule has 132 valence electrons. The second-order valence-corrected chi connectivity index (χ2v) is 5.68. The van der Waals surface area contributed by atoms with Crippen LogP contribution in [-0.4, -0.2) is 28.9 Å². The first-order chi connectivity index (χ1) is 11.3. The monoisotopic (exact) mass is 338 g/mol. The highest BCUT2D eigenvalue weighted by atomic mass is 19.1. The van der Waals surface area contributed by atoms with Crippen molar-refractivity contribution in [1.82, 2.24) is 5.32 Å². The fraction of sp³-hybridized carbons (Fsp3) is 0.471. The van der Waals surface area contributed by atoms with Crippen molar-refractivity contribution < 1.29 is 23.9 Å². The normalized spacial score (nSPS) is 11.6. The van der Waals surface area contributed by atoms with E-state index in [9.17, 15) is 18.8 Å².